The van der Waals surface area contributed by atoms with Gasteiger partial charge in [-0.3, -0.25) is 0 Å². The molecule has 0 radical (unpaired) electrons. The van der Waals surface area contributed by atoms with Crippen molar-refractivity contribution in [3.8, 4) is 0 Å². The molecule has 0 saturated heterocycles. The van der Waals surface area contributed by atoms with Gasteiger partial charge in [0.1, 0.15) is 0 Å². The normalized spacial score (nSPS) is 29.9. The number of urea groups is 1. The van der Waals surface area contributed by atoms with Crippen molar-refractivity contribution in [2.45, 2.75) is 59.4 Å². The lowest BCUT2D eigenvalue weighted by Crippen LogP contribution is -2.54. The van der Waals surface area contributed by atoms with Gasteiger partial charge in [-0.05, 0) is 78.2 Å². The summed E-state index contributed by atoms with van der Waals surface area (Å²) in [6.45, 7) is 9.59. The van der Waals surface area contributed by atoms with E-state index in [2.05, 4.69) is 56.4 Å². The lowest BCUT2D eigenvalue weighted by molar-refractivity contribution is 0.105. The molecular formula is C28H34ClN3O. The first-order chi connectivity index (χ1) is 15.7. The molecule has 2 aromatic carbocycles. The molecule has 5 rings (SSSR count). The summed E-state index contributed by atoms with van der Waals surface area (Å²) in [6, 6.07) is 16.6. The van der Waals surface area contributed by atoms with E-state index in [-0.39, 0.29) is 28.8 Å². The molecule has 2 fully saturated rings. The lowest BCUT2D eigenvalue weighted by Gasteiger charge is -2.43. The number of aryl methyl sites for hydroxylation is 1. The van der Waals surface area contributed by atoms with Crippen molar-refractivity contribution in [2.75, 3.05) is 6.54 Å². The Morgan fingerprint density at radius 3 is 2.61 bits per heavy atom. The maximum absolute atomic E-state index is 13.5. The van der Waals surface area contributed by atoms with Gasteiger partial charge in [-0.25, -0.2) is 9.80 Å². The smallest absolute Gasteiger partial charge is 0.333 e. The van der Waals surface area contributed by atoms with E-state index in [4.69, 9.17) is 16.7 Å². The second kappa shape index (κ2) is 8.16. The van der Waals surface area contributed by atoms with E-state index >= 15 is 0 Å². The SMILES string of the molecule is Cc1cc(C2=NN(C(=O)N[C@H]3C(C)(C)[C@H]4CC[C@]3(C)C4)CC2Cc2ccccc2)ccc1Cl. The predicted octanol–water partition coefficient (Wildman–Crippen LogP) is 6.45. The van der Waals surface area contributed by atoms with Gasteiger partial charge in [-0.1, -0.05) is 68.8 Å². The van der Waals surface area contributed by atoms with Crippen LogP contribution in [0.3, 0.4) is 0 Å². The van der Waals surface area contributed by atoms with E-state index in [1.54, 1.807) is 5.01 Å². The van der Waals surface area contributed by atoms with Gasteiger partial charge in [0, 0.05) is 17.0 Å². The maximum Gasteiger partial charge on any atom is 0.338 e. The van der Waals surface area contributed by atoms with Crippen molar-refractivity contribution >= 4 is 23.3 Å². The molecule has 1 unspecified atom stereocenters. The Morgan fingerprint density at radius 2 is 1.94 bits per heavy atom. The summed E-state index contributed by atoms with van der Waals surface area (Å²) in [5.41, 5.74) is 4.59. The number of carbonyl (C=O) groups excluding carboxylic acids is 1. The number of benzene rings is 2. The van der Waals surface area contributed by atoms with E-state index in [1.165, 1.54) is 24.8 Å². The zero-order chi connectivity index (χ0) is 23.4. The Balaban J connectivity index is 1.41. The Bertz CT molecular complexity index is 1090. The number of fused-ring (bicyclic) bond motifs is 2. The van der Waals surface area contributed by atoms with Gasteiger partial charge >= 0.3 is 6.03 Å². The number of hydrazone groups is 1. The molecule has 0 spiro atoms. The second-order valence-corrected chi connectivity index (χ2v) is 11.6. The first kappa shape index (κ1) is 22.5. The molecule has 1 aliphatic heterocycles. The van der Waals surface area contributed by atoms with Crippen LogP contribution >= 0.6 is 11.6 Å². The number of carbonyl (C=O) groups is 1. The fourth-order valence-corrected chi connectivity index (χ4v) is 6.81. The summed E-state index contributed by atoms with van der Waals surface area (Å²) >= 11 is 6.28. The molecule has 2 saturated carbocycles. The highest BCUT2D eigenvalue weighted by Gasteiger charge is 2.60. The second-order valence-electron chi connectivity index (χ2n) is 11.2. The number of amides is 2. The van der Waals surface area contributed by atoms with Crippen LogP contribution in [0.5, 0.6) is 0 Å². The van der Waals surface area contributed by atoms with Crippen LogP contribution in [-0.2, 0) is 6.42 Å². The Labute approximate surface area is 202 Å². The quantitative estimate of drug-likeness (QED) is 0.556. The Hall–Kier alpha value is -2.33. The maximum atomic E-state index is 13.5. The third kappa shape index (κ3) is 3.97. The minimum atomic E-state index is -0.0689. The van der Waals surface area contributed by atoms with Crippen LogP contribution < -0.4 is 5.32 Å². The Morgan fingerprint density at radius 1 is 1.18 bits per heavy atom. The highest BCUT2D eigenvalue weighted by atomic mass is 35.5. The molecule has 2 bridgehead atoms. The number of nitrogens with one attached hydrogen (secondary N) is 1. The zero-order valence-electron chi connectivity index (χ0n) is 20.1. The molecule has 4 atom stereocenters. The van der Waals surface area contributed by atoms with E-state index in [0.29, 0.717) is 12.5 Å². The summed E-state index contributed by atoms with van der Waals surface area (Å²) in [4.78, 5) is 13.5. The number of hydrogen-bond donors (Lipinski definition) is 1. The van der Waals surface area contributed by atoms with Gasteiger partial charge in [-0.2, -0.15) is 5.10 Å². The van der Waals surface area contributed by atoms with Crippen LogP contribution in [0.2, 0.25) is 5.02 Å². The number of rotatable bonds is 4. The molecule has 1 heterocycles. The lowest BCUT2D eigenvalue weighted by atomic mass is 9.68. The first-order valence-electron chi connectivity index (χ1n) is 12.1. The van der Waals surface area contributed by atoms with Crippen LogP contribution in [0.1, 0.15) is 56.7 Å². The summed E-state index contributed by atoms with van der Waals surface area (Å²) < 4.78 is 0. The average molecular weight is 464 g/mol. The minimum absolute atomic E-state index is 0.0689. The Kier molecular flexibility index (Phi) is 5.55. The molecular weight excluding hydrogens is 430 g/mol. The van der Waals surface area contributed by atoms with Crippen LogP contribution in [-0.4, -0.2) is 29.3 Å². The molecule has 4 nitrogen and oxygen atoms in total. The predicted molar refractivity (Wildman–Crippen MR) is 135 cm³/mol. The van der Waals surface area contributed by atoms with Crippen molar-refractivity contribution in [1.82, 2.24) is 10.3 Å². The van der Waals surface area contributed by atoms with Crippen LogP contribution in [0.4, 0.5) is 4.79 Å². The van der Waals surface area contributed by atoms with Gasteiger partial charge < -0.3 is 5.32 Å². The summed E-state index contributed by atoms with van der Waals surface area (Å²) in [5, 5.41) is 10.7. The molecule has 2 aliphatic carbocycles. The third-order valence-corrected chi connectivity index (χ3v) is 8.98. The van der Waals surface area contributed by atoms with Crippen LogP contribution in [0.15, 0.2) is 53.6 Å². The van der Waals surface area contributed by atoms with E-state index in [1.807, 2.05) is 25.1 Å². The first-order valence-corrected chi connectivity index (χ1v) is 12.5. The van der Waals surface area contributed by atoms with Gasteiger partial charge in [0.05, 0.1) is 12.3 Å². The summed E-state index contributed by atoms with van der Waals surface area (Å²) in [5.74, 6) is 0.829. The molecule has 2 aromatic rings. The molecule has 33 heavy (non-hydrogen) atoms. The van der Waals surface area contributed by atoms with Crippen molar-refractivity contribution < 1.29 is 4.79 Å². The summed E-state index contributed by atoms with van der Waals surface area (Å²) in [6.07, 6.45) is 4.53. The monoisotopic (exact) mass is 463 g/mol. The largest absolute Gasteiger partial charge is 0.338 e. The molecule has 1 N–H and O–H groups in total. The average Bonchev–Trinajstić information content (AvgIpc) is 3.43. The number of halogens is 1. The van der Waals surface area contributed by atoms with Crippen molar-refractivity contribution in [2.24, 2.45) is 27.8 Å². The molecule has 5 heteroatoms. The van der Waals surface area contributed by atoms with E-state index in [0.717, 1.165) is 28.3 Å². The van der Waals surface area contributed by atoms with Gasteiger partial charge in [0.25, 0.3) is 0 Å². The highest BCUT2D eigenvalue weighted by Crippen LogP contribution is 2.62. The fraction of sp³-hybridized carbons (Fsp3) is 0.500. The molecule has 2 amide bonds. The van der Waals surface area contributed by atoms with Crippen LogP contribution in [0, 0.1) is 29.6 Å². The van der Waals surface area contributed by atoms with Gasteiger partial charge in [0.15, 0.2) is 0 Å². The van der Waals surface area contributed by atoms with Gasteiger partial charge in [-0.15, -0.1) is 0 Å². The molecule has 0 aromatic heterocycles. The van der Waals surface area contributed by atoms with E-state index in [9.17, 15) is 4.79 Å². The zero-order valence-corrected chi connectivity index (χ0v) is 20.8. The number of hydrogen-bond acceptors (Lipinski definition) is 2. The highest BCUT2D eigenvalue weighted by molar-refractivity contribution is 6.31. The third-order valence-electron chi connectivity index (χ3n) is 8.56. The number of nitrogens with zero attached hydrogens (tertiary/aromatic N) is 2. The van der Waals surface area contributed by atoms with Gasteiger partial charge in [0.2, 0.25) is 0 Å². The topological polar surface area (TPSA) is 44.7 Å². The molecule has 3 aliphatic rings. The van der Waals surface area contributed by atoms with Crippen molar-refractivity contribution in [3.63, 3.8) is 0 Å². The standard InChI is InChI=1S/C28H34ClN3O/c1-18-14-20(10-11-23(18)29)24-21(15-19-8-6-5-7-9-19)17-32(31-24)26(33)30-25-27(2,3)22-12-13-28(25,4)16-22/h5-11,14,21-22,25H,12-13,15-17H2,1-4H3,(H,30,33)/t21?,22-,25-,28+/m0/s1. The minimum Gasteiger partial charge on any atom is -0.333 e. The van der Waals surface area contributed by atoms with Crippen molar-refractivity contribution in [1.29, 1.82) is 0 Å². The fourth-order valence-electron chi connectivity index (χ4n) is 6.69. The van der Waals surface area contributed by atoms with Crippen molar-refractivity contribution in [3.05, 3.63) is 70.2 Å². The molecule has 174 valence electrons. The van der Waals surface area contributed by atoms with Crippen LogP contribution in [0.25, 0.3) is 0 Å². The summed E-state index contributed by atoms with van der Waals surface area (Å²) in [7, 11) is 0. The van der Waals surface area contributed by atoms with E-state index < -0.39 is 0 Å².